The van der Waals surface area contributed by atoms with Gasteiger partial charge in [0.15, 0.2) is 0 Å². The van der Waals surface area contributed by atoms with Crippen LogP contribution in [0.2, 0.25) is 0 Å². The average Bonchev–Trinajstić information content (AvgIpc) is 3.10. The third-order valence-electron chi connectivity index (χ3n) is 5.29. The van der Waals surface area contributed by atoms with Crippen molar-refractivity contribution in [2.24, 2.45) is 7.05 Å². The van der Waals surface area contributed by atoms with Crippen LogP contribution in [0.3, 0.4) is 0 Å². The summed E-state index contributed by atoms with van der Waals surface area (Å²) in [5.41, 5.74) is 1.82. The summed E-state index contributed by atoms with van der Waals surface area (Å²) in [5.74, 6) is -0.310. The van der Waals surface area contributed by atoms with Gasteiger partial charge in [0.05, 0.1) is 10.5 Å². The zero-order valence-electron chi connectivity index (χ0n) is 15.9. The number of fused-ring (bicyclic) bond motifs is 1. The third-order valence-corrected chi connectivity index (χ3v) is 5.29. The van der Waals surface area contributed by atoms with Gasteiger partial charge in [-0.25, -0.2) is 0 Å². The molecular weight excluding hydrogens is 372 g/mol. The summed E-state index contributed by atoms with van der Waals surface area (Å²) in [4.78, 5) is 39.5. The largest absolute Gasteiger partial charge is 0.350 e. The van der Waals surface area contributed by atoms with Gasteiger partial charge in [-0.2, -0.15) is 0 Å². The SMILES string of the molecule is Cn1cc(C(=O)N2CCN(C(=O)c3cccc([N+](=O)[O-])c3)CC2)c2ccccc21. The highest BCUT2D eigenvalue weighted by atomic mass is 16.6. The van der Waals surface area contributed by atoms with Crippen LogP contribution < -0.4 is 0 Å². The van der Waals surface area contributed by atoms with E-state index in [1.165, 1.54) is 18.2 Å². The van der Waals surface area contributed by atoms with Gasteiger partial charge in [0.25, 0.3) is 17.5 Å². The number of amides is 2. The summed E-state index contributed by atoms with van der Waals surface area (Å²) in [6, 6.07) is 13.5. The predicted molar refractivity (Wildman–Crippen MR) is 108 cm³/mol. The highest BCUT2D eigenvalue weighted by molar-refractivity contribution is 6.07. The van der Waals surface area contributed by atoms with Crippen LogP contribution >= 0.6 is 0 Å². The molecule has 0 N–H and O–H groups in total. The summed E-state index contributed by atoms with van der Waals surface area (Å²) < 4.78 is 1.94. The Morgan fingerprint density at radius 3 is 2.28 bits per heavy atom. The van der Waals surface area contributed by atoms with Gasteiger partial charge in [-0.15, -0.1) is 0 Å². The van der Waals surface area contributed by atoms with Gasteiger partial charge in [-0.3, -0.25) is 19.7 Å². The maximum atomic E-state index is 13.0. The Morgan fingerprint density at radius 2 is 1.59 bits per heavy atom. The number of nitrogens with zero attached hydrogens (tertiary/aromatic N) is 4. The lowest BCUT2D eigenvalue weighted by molar-refractivity contribution is -0.384. The summed E-state index contributed by atoms with van der Waals surface area (Å²) in [6.45, 7) is 1.61. The fourth-order valence-corrected chi connectivity index (χ4v) is 3.73. The quantitative estimate of drug-likeness (QED) is 0.506. The van der Waals surface area contributed by atoms with Crippen LogP contribution in [-0.2, 0) is 7.05 Å². The number of non-ortho nitro benzene ring substituents is 1. The van der Waals surface area contributed by atoms with Crippen LogP contribution in [0.5, 0.6) is 0 Å². The van der Waals surface area contributed by atoms with Gasteiger partial charge in [0.1, 0.15) is 0 Å². The zero-order chi connectivity index (χ0) is 20.5. The summed E-state index contributed by atoms with van der Waals surface area (Å²) in [7, 11) is 1.91. The van der Waals surface area contributed by atoms with Gasteiger partial charge in [-0.05, 0) is 12.1 Å². The van der Waals surface area contributed by atoms with E-state index in [0.717, 1.165) is 10.9 Å². The van der Waals surface area contributed by atoms with Crippen molar-refractivity contribution < 1.29 is 14.5 Å². The Bertz CT molecular complexity index is 1110. The van der Waals surface area contributed by atoms with E-state index in [4.69, 9.17) is 0 Å². The standard InChI is InChI=1S/C21H20N4O4/c1-22-14-18(17-7-2-3-8-19(17)22)21(27)24-11-9-23(10-12-24)20(26)15-5-4-6-16(13-15)25(28)29/h2-8,13-14H,9-12H2,1H3. The predicted octanol–water partition coefficient (Wildman–Crippen LogP) is 2.68. The molecule has 1 fully saturated rings. The van der Waals surface area contributed by atoms with Crippen molar-refractivity contribution in [1.82, 2.24) is 14.4 Å². The van der Waals surface area contributed by atoms with E-state index in [9.17, 15) is 19.7 Å². The van der Waals surface area contributed by atoms with Crippen LogP contribution in [0.4, 0.5) is 5.69 Å². The fourth-order valence-electron chi connectivity index (χ4n) is 3.73. The highest BCUT2D eigenvalue weighted by Crippen LogP contribution is 2.23. The van der Waals surface area contributed by atoms with Crippen LogP contribution in [-0.4, -0.2) is 57.3 Å². The molecule has 2 aromatic carbocycles. The minimum atomic E-state index is -0.516. The molecule has 3 aromatic rings. The first-order chi connectivity index (χ1) is 14.0. The molecule has 4 rings (SSSR count). The molecule has 0 aliphatic carbocycles. The summed E-state index contributed by atoms with van der Waals surface area (Å²) >= 11 is 0. The number of carbonyl (C=O) groups is 2. The molecule has 1 aliphatic rings. The maximum Gasteiger partial charge on any atom is 0.270 e. The van der Waals surface area contributed by atoms with E-state index in [1.54, 1.807) is 15.9 Å². The van der Waals surface area contributed by atoms with E-state index in [2.05, 4.69) is 0 Å². The van der Waals surface area contributed by atoms with E-state index in [1.807, 2.05) is 42.1 Å². The second-order valence-corrected chi connectivity index (χ2v) is 7.06. The number of carbonyl (C=O) groups excluding carboxylic acids is 2. The Morgan fingerprint density at radius 1 is 0.931 bits per heavy atom. The molecule has 0 radical (unpaired) electrons. The first-order valence-corrected chi connectivity index (χ1v) is 9.33. The van der Waals surface area contributed by atoms with Gasteiger partial charge < -0.3 is 14.4 Å². The molecule has 8 heteroatoms. The number of benzene rings is 2. The van der Waals surface area contributed by atoms with E-state index >= 15 is 0 Å². The number of nitro groups is 1. The smallest absolute Gasteiger partial charge is 0.270 e. The topological polar surface area (TPSA) is 88.7 Å². The summed E-state index contributed by atoms with van der Waals surface area (Å²) in [5, 5.41) is 11.8. The second kappa shape index (κ2) is 7.38. The average molecular weight is 392 g/mol. The van der Waals surface area contributed by atoms with Crippen molar-refractivity contribution >= 4 is 28.4 Å². The number of hydrogen-bond acceptors (Lipinski definition) is 4. The monoisotopic (exact) mass is 392 g/mol. The van der Waals surface area contributed by atoms with Crippen molar-refractivity contribution in [1.29, 1.82) is 0 Å². The number of rotatable bonds is 3. The molecule has 1 aliphatic heterocycles. The van der Waals surface area contributed by atoms with Gasteiger partial charge in [-0.1, -0.05) is 24.3 Å². The van der Waals surface area contributed by atoms with Crippen LogP contribution in [0.15, 0.2) is 54.7 Å². The number of para-hydroxylation sites is 1. The lowest BCUT2D eigenvalue weighted by Gasteiger charge is -2.34. The second-order valence-electron chi connectivity index (χ2n) is 7.06. The first-order valence-electron chi connectivity index (χ1n) is 9.33. The lowest BCUT2D eigenvalue weighted by Crippen LogP contribution is -2.50. The molecule has 1 saturated heterocycles. The van der Waals surface area contributed by atoms with Crippen molar-refractivity contribution in [3.63, 3.8) is 0 Å². The van der Waals surface area contributed by atoms with E-state index < -0.39 is 4.92 Å². The number of aryl methyl sites for hydroxylation is 1. The molecule has 8 nitrogen and oxygen atoms in total. The van der Waals surface area contributed by atoms with Crippen LogP contribution in [0.25, 0.3) is 10.9 Å². The molecule has 29 heavy (non-hydrogen) atoms. The molecular formula is C21H20N4O4. The maximum absolute atomic E-state index is 13.0. The number of aromatic nitrogens is 1. The molecule has 0 bridgehead atoms. The van der Waals surface area contributed by atoms with Gasteiger partial charge in [0, 0.05) is 68.0 Å². The van der Waals surface area contributed by atoms with Crippen molar-refractivity contribution in [2.45, 2.75) is 0 Å². The van der Waals surface area contributed by atoms with Gasteiger partial charge >= 0.3 is 0 Å². The van der Waals surface area contributed by atoms with Crippen molar-refractivity contribution in [3.05, 3.63) is 76.0 Å². The normalized spacial score (nSPS) is 14.2. The number of hydrogen-bond donors (Lipinski definition) is 0. The number of piperazine rings is 1. The van der Waals surface area contributed by atoms with Gasteiger partial charge in [0.2, 0.25) is 0 Å². The Kier molecular flexibility index (Phi) is 4.75. The molecule has 2 amide bonds. The first kappa shape index (κ1) is 18.7. The Balaban J connectivity index is 1.46. The van der Waals surface area contributed by atoms with Crippen molar-refractivity contribution in [3.8, 4) is 0 Å². The Hall–Kier alpha value is -3.68. The molecule has 1 aromatic heterocycles. The minimum absolute atomic E-state index is 0.0516. The molecule has 148 valence electrons. The third kappa shape index (κ3) is 3.44. The lowest BCUT2D eigenvalue weighted by atomic mass is 10.1. The zero-order valence-corrected chi connectivity index (χ0v) is 15.9. The number of nitro benzene ring substituents is 1. The van der Waals surface area contributed by atoms with Crippen molar-refractivity contribution in [2.75, 3.05) is 26.2 Å². The van der Waals surface area contributed by atoms with E-state index in [-0.39, 0.29) is 23.1 Å². The molecule has 0 spiro atoms. The molecule has 2 heterocycles. The molecule has 0 unspecified atom stereocenters. The molecule has 0 atom stereocenters. The highest BCUT2D eigenvalue weighted by Gasteiger charge is 2.27. The van der Waals surface area contributed by atoms with Crippen LogP contribution in [0, 0.1) is 10.1 Å². The van der Waals surface area contributed by atoms with Crippen LogP contribution in [0.1, 0.15) is 20.7 Å². The fraction of sp³-hybridized carbons (Fsp3) is 0.238. The van der Waals surface area contributed by atoms with E-state index in [0.29, 0.717) is 31.7 Å². The Labute approximate surface area is 167 Å². The minimum Gasteiger partial charge on any atom is -0.350 e. The molecule has 0 saturated carbocycles. The summed E-state index contributed by atoms with van der Waals surface area (Å²) in [6.07, 6.45) is 1.84.